The lowest BCUT2D eigenvalue weighted by Crippen LogP contribution is -2.52. The molecule has 4 amide bonds. The number of carbonyl (C=O) groups excluding carboxylic acids is 4. The fourth-order valence-corrected chi connectivity index (χ4v) is 8.96. The summed E-state index contributed by atoms with van der Waals surface area (Å²) in [5.41, 5.74) is -0.362. The highest BCUT2D eigenvalue weighted by Crippen LogP contribution is 2.25. The Morgan fingerprint density at radius 1 is 0.549 bits per heavy atom. The predicted octanol–water partition coefficient (Wildman–Crippen LogP) is 10.4. The van der Waals surface area contributed by atoms with Crippen LogP contribution in [0, 0.1) is 16.2 Å². The van der Waals surface area contributed by atoms with Crippen LogP contribution >= 0.6 is 0 Å². The second-order valence-corrected chi connectivity index (χ2v) is 27.7. The Balaban J connectivity index is 0. The van der Waals surface area contributed by atoms with Crippen LogP contribution in [0.3, 0.4) is 0 Å². The zero-order valence-electron chi connectivity index (χ0n) is 50.3. The first-order valence-electron chi connectivity index (χ1n) is 27.6. The van der Waals surface area contributed by atoms with Crippen molar-refractivity contribution in [2.75, 3.05) is 85.2 Å². The number of hydrogen-bond acceptors (Lipinski definition) is 9. The number of hydrogen-bond donors (Lipinski definition) is 1. The van der Waals surface area contributed by atoms with Crippen LogP contribution in [0.4, 0.5) is 0 Å². The van der Waals surface area contributed by atoms with Gasteiger partial charge in [-0.25, -0.2) is 12.7 Å². The summed E-state index contributed by atoms with van der Waals surface area (Å²) in [5.74, 6) is 0.576. The molecule has 1 unspecified atom stereocenters. The lowest BCUT2D eigenvalue weighted by atomic mass is 9.93. The van der Waals surface area contributed by atoms with Crippen molar-refractivity contribution in [3.05, 3.63) is 0 Å². The molecule has 71 heavy (non-hydrogen) atoms. The normalized spacial score (nSPS) is 20.0. The molecule has 0 radical (unpaired) electrons. The first-order valence-corrected chi connectivity index (χ1v) is 29.1. The summed E-state index contributed by atoms with van der Waals surface area (Å²) in [6.07, 6.45) is 12.1. The number of likely N-dealkylation sites (tertiary alicyclic amines) is 3. The van der Waals surface area contributed by atoms with E-state index >= 15 is 0 Å². The molecule has 6 rings (SSSR count). The molecule has 1 atom stereocenters. The number of piperidine rings is 2. The van der Waals surface area contributed by atoms with E-state index in [-0.39, 0.29) is 34.8 Å². The summed E-state index contributed by atoms with van der Waals surface area (Å²) in [7, 11) is -3.07. The highest BCUT2D eigenvalue weighted by molar-refractivity contribution is 7.90. The maximum atomic E-state index is 11.9. The van der Waals surface area contributed by atoms with Gasteiger partial charge in [-0.05, 0) is 133 Å². The Hall–Kier alpha value is -2.33. The van der Waals surface area contributed by atoms with Gasteiger partial charge in [0.2, 0.25) is 33.7 Å². The summed E-state index contributed by atoms with van der Waals surface area (Å²) in [6.45, 7) is 54.7. The summed E-state index contributed by atoms with van der Waals surface area (Å²) in [5, 5.41) is 2.69. The van der Waals surface area contributed by atoms with Crippen molar-refractivity contribution >= 4 is 33.7 Å². The molecule has 0 aromatic heterocycles. The number of amides is 4. The molecule has 14 nitrogen and oxygen atoms in total. The molecular formula is C56H114N6O8S. The van der Waals surface area contributed by atoms with E-state index in [4.69, 9.17) is 9.47 Å². The largest absolute Gasteiger partial charge is 0.376 e. The SMILES string of the molecule is CC.CC.CC(C)(C)C(=O)N1CCC1.CC(C)(C)C(=O)N1CCCCC1.CC(C)(C)C(=O)N1CCNC(=O)C1.CC(C)(C)N1CCC1.CC(C)(C)OCC1CCCO1.CC(C)(C)S(=O)(=O)N1CCCCC1. The molecule has 0 saturated carbocycles. The Morgan fingerprint density at radius 2 is 0.944 bits per heavy atom. The molecule has 1 N–H and O–H groups in total. The standard InChI is InChI=1S/C10H19NO.C9H16N2O2.C9H19NO2S.C9H18O2.C8H15NO.C7H15N.2C2H6/c1-10(2,3)9(12)11-7-5-4-6-8-11;1-9(2,3)8(13)11-5-4-10-7(12)6-11;1-9(2,3)13(11,12)10-7-5-4-6-8-10;1-9(2,3)11-7-8-5-4-6-10-8;1-8(2,3)7(10)9-5-4-6-9;1-7(2,3)8-5-4-6-8;2*1-2/h4-8H2,1-3H3;4-6H2,1-3H3,(H,10,12);4-8H2,1-3H3;8H,4-7H2,1-3H3;4-6H2,1-3H3;4-6H2,1-3H3;2*1-2H3. The molecule has 6 saturated heterocycles. The van der Waals surface area contributed by atoms with Gasteiger partial charge in [0.05, 0.1) is 29.6 Å². The van der Waals surface area contributed by atoms with Gasteiger partial charge in [0.1, 0.15) is 0 Å². The minimum Gasteiger partial charge on any atom is -0.376 e. The van der Waals surface area contributed by atoms with Crippen LogP contribution in [0.15, 0.2) is 0 Å². The van der Waals surface area contributed by atoms with Gasteiger partial charge < -0.3 is 29.5 Å². The lowest BCUT2D eigenvalue weighted by molar-refractivity contribution is -0.144. The van der Waals surface area contributed by atoms with Crippen molar-refractivity contribution in [2.45, 2.75) is 239 Å². The third-order valence-corrected chi connectivity index (χ3v) is 14.6. The molecule has 6 aliphatic rings. The predicted molar refractivity (Wildman–Crippen MR) is 297 cm³/mol. The van der Waals surface area contributed by atoms with E-state index < -0.39 is 20.2 Å². The van der Waals surface area contributed by atoms with E-state index in [0.717, 1.165) is 65.1 Å². The van der Waals surface area contributed by atoms with Gasteiger partial charge >= 0.3 is 0 Å². The van der Waals surface area contributed by atoms with Crippen molar-refractivity contribution in [1.29, 1.82) is 0 Å². The molecule has 0 aliphatic carbocycles. The van der Waals surface area contributed by atoms with E-state index in [2.05, 4.69) is 51.8 Å². The maximum Gasteiger partial charge on any atom is 0.239 e. The van der Waals surface area contributed by atoms with Crippen LogP contribution in [0.2, 0.25) is 0 Å². The second kappa shape index (κ2) is 32.9. The Bertz CT molecular complexity index is 1590. The minimum absolute atomic E-state index is 0.0219. The Kier molecular flexibility index (Phi) is 32.7. The summed E-state index contributed by atoms with van der Waals surface area (Å²) < 4.78 is 35.9. The third kappa shape index (κ3) is 29.4. The van der Waals surface area contributed by atoms with Gasteiger partial charge in [0.15, 0.2) is 0 Å². The zero-order chi connectivity index (χ0) is 55.7. The third-order valence-electron chi connectivity index (χ3n) is 12.0. The molecule has 6 fully saturated rings. The monoisotopic (exact) mass is 1030 g/mol. The van der Waals surface area contributed by atoms with Crippen LogP contribution < -0.4 is 5.32 Å². The molecule has 6 aliphatic heterocycles. The van der Waals surface area contributed by atoms with Crippen LogP contribution in [-0.4, -0.2) is 163 Å². The van der Waals surface area contributed by atoms with Crippen molar-refractivity contribution in [1.82, 2.24) is 29.2 Å². The fraction of sp³-hybridized carbons (Fsp3) is 0.929. The van der Waals surface area contributed by atoms with Crippen LogP contribution in [0.5, 0.6) is 0 Å². The van der Waals surface area contributed by atoms with E-state index in [1.165, 1.54) is 51.6 Å². The summed E-state index contributed by atoms with van der Waals surface area (Å²) in [6, 6.07) is 0. The first kappa shape index (κ1) is 70.7. The minimum atomic E-state index is -3.07. The number of sulfonamides is 1. The van der Waals surface area contributed by atoms with Crippen molar-refractivity contribution in [3.63, 3.8) is 0 Å². The average molecular weight is 1030 g/mol. The van der Waals surface area contributed by atoms with E-state index in [1.54, 1.807) is 30.0 Å². The van der Waals surface area contributed by atoms with E-state index in [9.17, 15) is 27.6 Å². The summed E-state index contributed by atoms with van der Waals surface area (Å²) >= 11 is 0. The van der Waals surface area contributed by atoms with Crippen molar-refractivity contribution in [3.8, 4) is 0 Å². The van der Waals surface area contributed by atoms with Gasteiger partial charge in [0.25, 0.3) is 0 Å². The molecule has 0 aromatic carbocycles. The molecule has 6 heterocycles. The van der Waals surface area contributed by atoms with Crippen molar-refractivity contribution in [2.24, 2.45) is 16.2 Å². The fourth-order valence-electron chi connectivity index (χ4n) is 7.45. The van der Waals surface area contributed by atoms with Gasteiger partial charge in [0, 0.05) is 80.7 Å². The number of carbonyl (C=O) groups is 4. The van der Waals surface area contributed by atoms with Crippen LogP contribution in [0.1, 0.15) is 217 Å². The topological polar surface area (TPSA) is 149 Å². The van der Waals surface area contributed by atoms with Crippen molar-refractivity contribution < 1.29 is 37.1 Å². The molecule has 0 bridgehead atoms. The molecule has 422 valence electrons. The summed E-state index contributed by atoms with van der Waals surface area (Å²) in [4.78, 5) is 53.9. The van der Waals surface area contributed by atoms with Gasteiger partial charge in [-0.15, -0.1) is 0 Å². The van der Waals surface area contributed by atoms with Gasteiger partial charge in [-0.2, -0.15) is 0 Å². The number of ether oxygens (including phenoxy) is 2. The Labute approximate surface area is 438 Å². The smallest absolute Gasteiger partial charge is 0.239 e. The molecule has 0 spiro atoms. The zero-order valence-corrected chi connectivity index (χ0v) is 51.1. The van der Waals surface area contributed by atoms with Gasteiger partial charge in [-0.1, -0.05) is 96.4 Å². The molecule has 15 heteroatoms. The first-order chi connectivity index (χ1) is 32.5. The number of piperazine rings is 1. The lowest BCUT2D eigenvalue weighted by Gasteiger charge is -2.42. The number of nitrogens with one attached hydrogen (secondary N) is 1. The van der Waals surface area contributed by atoms with E-state index in [1.807, 2.05) is 99.8 Å². The van der Waals surface area contributed by atoms with E-state index in [0.29, 0.717) is 49.6 Å². The maximum absolute atomic E-state index is 11.9. The second-order valence-electron chi connectivity index (χ2n) is 25.0. The number of rotatable bonds is 3. The van der Waals surface area contributed by atoms with Crippen LogP contribution in [0.25, 0.3) is 0 Å². The molecule has 0 aromatic rings. The molecular weight excluding hydrogens is 917 g/mol. The number of nitrogens with zero attached hydrogens (tertiary/aromatic N) is 5. The highest BCUT2D eigenvalue weighted by atomic mass is 32.2. The quantitative estimate of drug-likeness (QED) is 0.292. The average Bonchev–Trinajstić information content (AvgIpc) is 3.76. The van der Waals surface area contributed by atoms with Crippen LogP contribution in [-0.2, 0) is 38.7 Å². The Morgan fingerprint density at radius 3 is 1.23 bits per heavy atom. The highest BCUT2D eigenvalue weighted by Gasteiger charge is 2.36. The van der Waals surface area contributed by atoms with Gasteiger partial charge in [-0.3, -0.25) is 24.1 Å².